The highest BCUT2D eigenvalue weighted by atomic mass is 16.6. The SMILES string of the molecule is C[C@@H](C(=O)OC(C)(C)C)N(C)C(=O)/C=C/CN. The second kappa shape index (κ2) is 6.39. The number of carbonyl (C=O) groups is 2. The van der Waals surface area contributed by atoms with Gasteiger partial charge in [0.1, 0.15) is 11.6 Å². The molecule has 1 amide bonds. The zero-order chi connectivity index (χ0) is 13.6. The predicted octanol–water partition coefficient (Wildman–Crippen LogP) is 0.690. The number of hydrogen-bond acceptors (Lipinski definition) is 4. The molecule has 17 heavy (non-hydrogen) atoms. The number of rotatable bonds is 4. The molecule has 0 aromatic carbocycles. The average molecular weight is 242 g/mol. The summed E-state index contributed by atoms with van der Waals surface area (Å²) in [5.41, 5.74) is 4.69. The van der Waals surface area contributed by atoms with Gasteiger partial charge in [0, 0.05) is 19.7 Å². The lowest BCUT2D eigenvalue weighted by Gasteiger charge is -2.26. The van der Waals surface area contributed by atoms with Crippen LogP contribution in [0.3, 0.4) is 0 Å². The van der Waals surface area contributed by atoms with Gasteiger partial charge in [-0.2, -0.15) is 0 Å². The lowest BCUT2D eigenvalue weighted by Crippen LogP contribution is -2.42. The van der Waals surface area contributed by atoms with Gasteiger partial charge in [-0.3, -0.25) is 4.79 Å². The van der Waals surface area contributed by atoms with Crippen molar-refractivity contribution >= 4 is 11.9 Å². The Hall–Kier alpha value is -1.36. The van der Waals surface area contributed by atoms with E-state index in [1.807, 2.05) is 0 Å². The zero-order valence-electron chi connectivity index (χ0n) is 11.2. The molecule has 0 spiro atoms. The van der Waals surface area contributed by atoms with Crippen LogP contribution in [0.2, 0.25) is 0 Å². The summed E-state index contributed by atoms with van der Waals surface area (Å²) < 4.78 is 5.19. The third-order valence-corrected chi connectivity index (χ3v) is 2.07. The summed E-state index contributed by atoms with van der Waals surface area (Å²) >= 11 is 0. The number of ether oxygens (including phenoxy) is 1. The highest BCUT2D eigenvalue weighted by Crippen LogP contribution is 2.10. The molecule has 0 unspecified atom stereocenters. The molecule has 0 aliphatic heterocycles. The summed E-state index contributed by atoms with van der Waals surface area (Å²) in [5, 5.41) is 0. The second-order valence-corrected chi connectivity index (χ2v) is 4.80. The predicted molar refractivity (Wildman–Crippen MR) is 66.3 cm³/mol. The normalized spacial score (nSPS) is 13.5. The summed E-state index contributed by atoms with van der Waals surface area (Å²) in [6.45, 7) is 7.28. The molecular weight excluding hydrogens is 220 g/mol. The second-order valence-electron chi connectivity index (χ2n) is 4.80. The van der Waals surface area contributed by atoms with Crippen LogP contribution >= 0.6 is 0 Å². The van der Waals surface area contributed by atoms with Gasteiger partial charge in [-0.1, -0.05) is 6.08 Å². The number of nitrogens with zero attached hydrogens (tertiary/aromatic N) is 1. The van der Waals surface area contributed by atoms with E-state index in [9.17, 15) is 9.59 Å². The Kier molecular flexibility index (Phi) is 5.88. The van der Waals surface area contributed by atoms with Crippen LogP contribution in [0.1, 0.15) is 27.7 Å². The van der Waals surface area contributed by atoms with E-state index in [-0.39, 0.29) is 5.91 Å². The van der Waals surface area contributed by atoms with E-state index >= 15 is 0 Å². The van der Waals surface area contributed by atoms with Crippen LogP contribution in [0, 0.1) is 0 Å². The Bertz CT molecular complexity index is 305. The van der Waals surface area contributed by atoms with Crippen molar-refractivity contribution in [2.75, 3.05) is 13.6 Å². The Morgan fingerprint density at radius 3 is 2.35 bits per heavy atom. The Balaban J connectivity index is 4.49. The van der Waals surface area contributed by atoms with E-state index in [4.69, 9.17) is 10.5 Å². The third-order valence-electron chi connectivity index (χ3n) is 2.07. The summed E-state index contributed by atoms with van der Waals surface area (Å²) in [6.07, 6.45) is 2.89. The maximum absolute atomic E-state index is 11.7. The standard InChI is InChI=1S/C12H22N2O3/c1-9(11(16)17-12(2,3)4)14(5)10(15)7-6-8-13/h6-7,9H,8,13H2,1-5H3/b7-6+/t9-/m0/s1. The summed E-state index contributed by atoms with van der Waals surface area (Å²) in [6, 6.07) is -0.621. The van der Waals surface area contributed by atoms with E-state index in [0.717, 1.165) is 0 Å². The molecule has 0 saturated carbocycles. The number of esters is 1. The summed E-state index contributed by atoms with van der Waals surface area (Å²) in [5.74, 6) is -0.691. The van der Waals surface area contributed by atoms with Gasteiger partial charge in [0.05, 0.1) is 0 Å². The molecule has 0 aromatic rings. The zero-order valence-corrected chi connectivity index (χ0v) is 11.2. The molecule has 0 bridgehead atoms. The molecule has 1 atom stereocenters. The smallest absolute Gasteiger partial charge is 0.329 e. The van der Waals surface area contributed by atoms with Crippen molar-refractivity contribution in [1.82, 2.24) is 4.90 Å². The van der Waals surface area contributed by atoms with Crippen LogP contribution in [0.4, 0.5) is 0 Å². The highest BCUT2D eigenvalue weighted by Gasteiger charge is 2.26. The van der Waals surface area contributed by atoms with Gasteiger partial charge < -0.3 is 15.4 Å². The van der Waals surface area contributed by atoms with Crippen molar-refractivity contribution in [3.05, 3.63) is 12.2 Å². The molecule has 5 nitrogen and oxygen atoms in total. The minimum absolute atomic E-state index is 0.270. The van der Waals surface area contributed by atoms with Crippen molar-refractivity contribution in [2.24, 2.45) is 5.73 Å². The number of nitrogens with two attached hydrogens (primary N) is 1. The van der Waals surface area contributed by atoms with Crippen LogP contribution in [-0.4, -0.2) is 42.0 Å². The summed E-state index contributed by atoms with van der Waals surface area (Å²) in [7, 11) is 1.55. The van der Waals surface area contributed by atoms with Gasteiger partial charge >= 0.3 is 5.97 Å². The molecule has 0 radical (unpaired) electrons. The molecule has 0 aliphatic rings. The van der Waals surface area contributed by atoms with Crippen LogP contribution in [0.25, 0.3) is 0 Å². The fourth-order valence-electron chi connectivity index (χ4n) is 1.02. The van der Waals surface area contributed by atoms with Crippen molar-refractivity contribution < 1.29 is 14.3 Å². The first-order chi connectivity index (χ1) is 7.69. The first kappa shape index (κ1) is 15.6. The van der Waals surface area contributed by atoms with E-state index in [1.54, 1.807) is 40.8 Å². The van der Waals surface area contributed by atoms with E-state index in [2.05, 4.69) is 0 Å². The van der Waals surface area contributed by atoms with E-state index < -0.39 is 17.6 Å². The minimum atomic E-state index is -0.621. The third kappa shape index (κ3) is 6.06. The molecule has 0 heterocycles. The van der Waals surface area contributed by atoms with Gasteiger partial charge in [-0.15, -0.1) is 0 Å². The molecular formula is C12H22N2O3. The number of amides is 1. The monoisotopic (exact) mass is 242 g/mol. The first-order valence-electron chi connectivity index (χ1n) is 5.55. The van der Waals surface area contributed by atoms with Crippen LogP contribution in [-0.2, 0) is 14.3 Å². The molecule has 5 heteroatoms. The van der Waals surface area contributed by atoms with Crippen molar-refractivity contribution in [3.8, 4) is 0 Å². The summed E-state index contributed by atoms with van der Waals surface area (Å²) in [4.78, 5) is 24.6. The average Bonchev–Trinajstić information content (AvgIpc) is 2.21. The maximum atomic E-state index is 11.7. The van der Waals surface area contributed by atoms with Gasteiger partial charge in [-0.05, 0) is 27.7 Å². The lowest BCUT2D eigenvalue weighted by atomic mass is 10.2. The Morgan fingerprint density at radius 2 is 1.94 bits per heavy atom. The van der Waals surface area contributed by atoms with E-state index in [0.29, 0.717) is 6.54 Å². The minimum Gasteiger partial charge on any atom is -0.458 e. The first-order valence-corrected chi connectivity index (χ1v) is 5.55. The van der Waals surface area contributed by atoms with Gasteiger partial charge in [0.2, 0.25) is 5.91 Å². The van der Waals surface area contributed by atoms with Crippen molar-refractivity contribution in [1.29, 1.82) is 0 Å². The van der Waals surface area contributed by atoms with Crippen LogP contribution in [0.5, 0.6) is 0 Å². The molecule has 0 aromatic heterocycles. The largest absolute Gasteiger partial charge is 0.458 e. The molecule has 0 saturated heterocycles. The maximum Gasteiger partial charge on any atom is 0.329 e. The van der Waals surface area contributed by atoms with E-state index in [1.165, 1.54) is 11.0 Å². The van der Waals surface area contributed by atoms with Gasteiger partial charge in [0.15, 0.2) is 0 Å². The lowest BCUT2D eigenvalue weighted by molar-refractivity contribution is -0.162. The number of likely N-dealkylation sites (N-methyl/N-ethyl adjacent to an activating group) is 1. The highest BCUT2D eigenvalue weighted by molar-refractivity contribution is 5.91. The molecule has 0 fully saturated rings. The van der Waals surface area contributed by atoms with Crippen LogP contribution in [0.15, 0.2) is 12.2 Å². The molecule has 2 N–H and O–H groups in total. The van der Waals surface area contributed by atoms with Crippen LogP contribution < -0.4 is 5.73 Å². The molecule has 0 rings (SSSR count). The Labute approximate surface area is 103 Å². The Morgan fingerprint density at radius 1 is 1.41 bits per heavy atom. The van der Waals surface area contributed by atoms with Crippen molar-refractivity contribution in [3.63, 3.8) is 0 Å². The van der Waals surface area contributed by atoms with Gasteiger partial charge in [-0.25, -0.2) is 4.79 Å². The van der Waals surface area contributed by atoms with Gasteiger partial charge in [0.25, 0.3) is 0 Å². The molecule has 0 aliphatic carbocycles. The quantitative estimate of drug-likeness (QED) is 0.581. The molecule has 98 valence electrons. The topological polar surface area (TPSA) is 72.6 Å². The number of carbonyl (C=O) groups excluding carboxylic acids is 2. The fourth-order valence-corrected chi connectivity index (χ4v) is 1.02. The van der Waals surface area contributed by atoms with Crippen molar-refractivity contribution in [2.45, 2.75) is 39.3 Å². The fraction of sp³-hybridized carbons (Fsp3) is 0.667. The number of hydrogen-bond donors (Lipinski definition) is 1.